The molecule has 1 saturated carbocycles. The van der Waals surface area contributed by atoms with Crippen molar-refractivity contribution in [1.82, 2.24) is 5.32 Å². The average molecular weight is 290 g/mol. The number of rotatable bonds is 5. The quantitative estimate of drug-likeness (QED) is 0.759. The van der Waals surface area contributed by atoms with Crippen molar-refractivity contribution in [2.75, 3.05) is 11.9 Å². The molecule has 1 amide bonds. The Morgan fingerprint density at radius 2 is 2.14 bits per heavy atom. The van der Waals surface area contributed by atoms with E-state index < -0.39 is 12.1 Å². The number of hydrogen-bond acceptors (Lipinski definition) is 4. The smallest absolute Gasteiger partial charge is 0.305 e. The minimum Gasteiger partial charge on any atom is -0.481 e. The van der Waals surface area contributed by atoms with Crippen molar-refractivity contribution in [2.45, 2.75) is 31.4 Å². The van der Waals surface area contributed by atoms with E-state index in [0.29, 0.717) is 12.3 Å². The van der Waals surface area contributed by atoms with Gasteiger partial charge in [0.2, 0.25) is 0 Å². The van der Waals surface area contributed by atoms with Crippen LogP contribution in [0.2, 0.25) is 0 Å². The summed E-state index contributed by atoms with van der Waals surface area (Å²) in [7, 11) is 0. The van der Waals surface area contributed by atoms with Gasteiger partial charge in [-0.3, -0.25) is 9.59 Å². The Labute approximate surface area is 122 Å². The number of para-hydroxylation sites is 2. The van der Waals surface area contributed by atoms with Crippen LogP contribution in [0.4, 0.5) is 5.69 Å². The van der Waals surface area contributed by atoms with Crippen molar-refractivity contribution in [1.29, 1.82) is 0 Å². The maximum atomic E-state index is 12.3. The fourth-order valence-electron chi connectivity index (χ4n) is 2.56. The number of amides is 1. The van der Waals surface area contributed by atoms with E-state index in [4.69, 9.17) is 9.84 Å². The van der Waals surface area contributed by atoms with E-state index in [0.717, 1.165) is 18.5 Å². The number of aliphatic carboxylic acids is 1. The lowest BCUT2D eigenvalue weighted by atomic mass is 10.1. The number of carbonyl (C=O) groups excluding carboxylic acids is 1. The first kappa shape index (κ1) is 13.7. The summed E-state index contributed by atoms with van der Waals surface area (Å²) < 4.78 is 5.68. The summed E-state index contributed by atoms with van der Waals surface area (Å²) >= 11 is 0. The van der Waals surface area contributed by atoms with Crippen molar-refractivity contribution in [3.05, 3.63) is 24.3 Å². The van der Waals surface area contributed by atoms with Gasteiger partial charge in [0.15, 0.2) is 6.10 Å². The molecule has 0 saturated heterocycles. The molecule has 6 heteroatoms. The predicted molar refractivity (Wildman–Crippen MR) is 76.3 cm³/mol. The highest BCUT2D eigenvalue weighted by atomic mass is 16.5. The maximum Gasteiger partial charge on any atom is 0.305 e. The fraction of sp³-hybridized carbons (Fsp3) is 0.467. The molecule has 1 fully saturated rings. The molecule has 1 heterocycles. The largest absolute Gasteiger partial charge is 0.481 e. The van der Waals surface area contributed by atoms with Gasteiger partial charge < -0.3 is 20.5 Å². The minimum atomic E-state index is -0.889. The topological polar surface area (TPSA) is 87.7 Å². The van der Waals surface area contributed by atoms with Crippen LogP contribution in [-0.4, -0.2) is 35.7 Å². The number of benzene rings is 1. The summed E-state index contributed by atoms with van der Waals surface area (Å²) in [6.45, 7) is 0.382. The molecule has 0 bridgehead atoms. The zero-order chi connectivity index (χ0) is 14.8. The Hall–Kier alpha value is -2.24. The first-order valence-corrected chi connectivity index (χ1v) is 7.15. The predicted octanol–water partition coefficient (Wildman–Crippen LogP) is 1.23. The third kappa shape index (κ3) is 3.26. The van der Waals surface area contributed by atoms with E-state index in [1.807, 2.05) is 18.2 Å². The van der Waals surface area contributed by atoms with E-state index in [1.54, 1.807) is 6.07 Å². The van der Waals surface area contributed by atoms with Crippen LogP contribution in [0, 0.1) is 5.92 Å². The van der Waals surface area contributed by atoms with Gasteiger partial charge in [-0.2, -0.15) is 0 Å². The second-order valence-corrected chi connectivity index (χ2v) is 5.53. The molecule has 6 nitrogen and oxygen atoms in total. The Morgan fingerprint density at radius 1 is 1.38 bits per heavy atom. The molecule has 3 N–H and O–H groups in total. The Bertz CT molecular complexity index is 556. The van der Waals surface area contributed by atoms with Gasteiger partial charge in [-0.05, 0) is 30.9 Å². The van der Waals surface area contributed by atoms with Gasteiger partial charge in [0.1, 0.15) is 5.75 Å². The van der Waals surface area contributed by atoms with Crippen LogP contribution in [0.1, 0.15) is 19.3 Å². The van der Waals surface area contributed by atoms with E-state index in [-0.39, 0.29) is 24.3 Å². The molecule has 2 aliphatic rings. The molecular weight excluding hydrogens is 272 g/mol. The fourth-order valence-corrected chi connectivity index (χ4v) is 2.56. The average Bonchev–Trinajstić information content (AvgIpc) is 3.30. The van der Waals surface area contributed by atoms with Crippen molar-refractivity contribution in [3.8, 4) is 5.75 Å². The highest BCUT2D eigenvalue weighted by Crippen LogP contribution is 2.34. The van der Waals surface area contributed by atoms with Gasteiger partial charge >= 0.3 is 5.97 Å². The first-order valence-electron chi connectivity index (χ1n) is 7.15. The van der Waals surface area contributed by atoms with Gasteiger partial charge in [-0.15, -0.1) is 0 Å². The highest BCUT2D eigenvalue weighted by Gasteiger charge is 2.36. The van der Waals surface area contributed by atoms with Crippen LogP contribution in [0.25, 0.3) is 0 Å². The number of carbonyl (C=O) groups is 2. The van der Waals surface area contributed by atoms with Gasteiger partial charge in [0, 0.05) is 6.04 Å². The Kier molecular flexibility index (Phi) is 3.68. The van der Waals surface area contributed by atoms with Gasteiger partial charge in [0.25, 0.3) is 5.91 Å². The van der Waals surface area contributed by atoms with E-state index >= 15 is 0 Å². The maximum absolute atomic E-state index is 12.3. The third-order valence-electron chi connectivity index (χ3n) is 3.84. The molecule has 3 rings (SSSR count). The summed E-state index contributed by atoms with van der Waals surface area (Å²) in [6.07, 6.45) is 1.29. The van der Waals surface area contributed by atoms with Crippen LogP contribution in [0.3, 0.4) is 0 Å². The Balaban J connectivity index is 1.62. The number of anilines is 1. The molecule has 1 aromatic carbocycles. The monoisotopic (exact) mass is 290 g/mol. The second-order valence-electron chi connectivity index (χ2n) is 5.53. The van der Waals surface area contributed by atoms with Crippen LogP contribution >= 0.6 is 0 Å². The third-order valence-corrected chi connectivity index (χ3v) is 3.84. The molecule has 0 aromatic heterocycles. The molecular formula is C15H18N2O4. The molecule has 0 spiro atoms. The lowest BCUT2D eigenvalue weighted by molar-refractivity contribution is -0.138. The number of nitrogens with one attached hydrogen (secondary N) is 2. The normalized spacial score (nSPS) is 21.4. The number of carboxylic acid groups (broad SMARTS) is 1. The van der Waals surface area contributed by atoms with Crippen LogP contribution < -0.4 is 15.4 Å². The van der Waals surface area contributed by atoms with E-state index in [2.05, 4.69) is 10.6 Å². The summed E-state index contributed by atoms with van der Waals surface area (Å²) in [4.78, 5) is 23.1. The highest BCUT2D eigenvalue weighted by molar-refractivity contribution is 5.84. The molecule has 21 heavy (non-hydrogen) atoms. The molecule has 0 radical (unpaired) electrons. The zero-order valence-corrected chi connectivity index (χ0v) is 11.5. The second kappa shape index (κ2) is 5.63. The lowest BCUT2D eigenvalue weighted by Gasteiger charge is -2.28. The van der Waals surface area contributed by atoms with Gasteiger partial charge in [-0.1, -0.05) is 12.1 Å². The van der Waals surface area contributed by atoms with Gasteiger partial charge in [0.05, 0.1) is 18.7 Å². The Morgan fingerprint density at radius 3 is 2.86 bits per heavy atom. The summed E-state index contributed by atoms with van der Waals surface area (Å²) in [5, 5.41) is 14.9. The lowest BCUT2D eigenvalue weighted by Crippen LogP contribution is -2.49. The summed E-state index contributed by atoms with van der Waals surface area (Å²) in [5.41, 5.74) is 0.867. The standard InChI is InChI=1S/C15H18N2O4/c18-14(19)7-11(9-5-6-9)17-15(20)13-8-16-10-3-1-2-4-12(10)21-13/h1-4,9,11,13,16H,5-8H2,(H,17,20)(H,18,19). The van der Waals surface area contributed by atoms with Gasteiger partial charge in [-0.25, -0.2) is 0 Å². The van der Waals surface area contributed by atoms with Crippen LogP contribution in [0.15, 0.2) is 24.3 Å². The van der Waals surface area contributed by atoms with Crippen molar-refractivity contribution in [2.24, 2.45) is 5.92 Å². The molecule has 1 aromatic rings. The number of carboxylic acids is 1. The summed E-state index contributed by atoms with van der Waals surface area (Å²) in [5.74, 6) is -0.214. The van der Waals surface area contributed by atoms with Crippen molar-refractivity contribution < 1.29 is 19.4 Å². The van der Waals surface area contributed by atoms with Crippen LogP contribution in [-0.2, 0) is 9.59 Å². The number of fused-ring (bicyclic) bond motifs is 1. The van der Waals surface area contributed by atoms with E-state index in [9.17, 15) is 9.59 Å². The minimum absolute atomic E-state index is 0.0346. The first-order chi connectivity index (χ1) is 10.1. The SMILES string of the molecule is O=C(O)CC(NC(=O)C1CNc2ccccc2O1)C1CC1. The molecule has 2 unspecified atom stereocenters. The molecule has 112 valence electrons. The summed E-state index contributed by atoms with van der Waals surface area (Å²) in [6, 6.07) is 7.14. The number of hydrogen-bond donors (Lipinski definition) is 3. The van der Waals surface area contributed by atoms with E-state index in [1.165, 1.54) is 0 Å². The van der Waals surface area contributed by atoms with Crippen molar-refractivity contribution in [3.63, 3.8) is 0 Å². The molecule has 2 atom stereocenters. The molecule has 1 aliphatic heterocycles. The zero-order valence-electron chi connectivity index (χ0n) is 11.5. The van der Waals surface area contributed by atoms with Crippen LogP contribution in [0.5, 0.6) is 5.75 Å². The number of ether oxygens (including phenoxy) is 1. The molecule has 1 aliphatic carbocycles. The van der Waals surface area contributed by atoms with Crippen molar-refractivity contribution >= 4 is 17.6 Å².